The fraction of sp³-hybridized carbons (Fsp3) is 0.615. The van der Waals surface area contributed by atoms with Gasteiger partial charge in [0, 0.05) is 5.69 Å². The van der Waals surface area contributed by atoms with E-state index in [0.717, 1.165) is 5.69 Å². The van der Waals surface area contributed by atoms with Crippen LogP contribution >= 0.6 is 0 Å². The number of carbonyl (C=O) groups excluding carboxylic acids is 1. The van der Waals surface area contributed by atoms with E-state index in [4.69, 9.17) is 0 Å². The lowest BCUT2D eigenvalue weighted by Crippen LogP contribution is -2.57. The Bertz CT molecular complexity index is 442. The molecular weight excluding hydrogens is 230 g/mol. The number of hydrogen-bond acceptors (Lipinski definition) is 4. The molecule has 18 heavy (non-hydrogen) atoms. The van der Waals surface area contributed by atoms with E-state index in [2.05, 4.69) is 15.3 Å². The number of aryl methyl sites for hydroxylation is 2. The standard InChI is InChI=1S/C13H21N3O2/c1-8-7-10(15-9(2)14-8)11(17)16-12(3,4)13(5,6)18/h7,18H,1-6H3,(H,16,17). The fourth-order valence-electron chi connectivity index (χ4n) is 1.33. The van der Waals surface area contributed by atoms with E-state index < -0.39 is 11.1 Å². The first-order chi connectivity index (χ1) is 8.03. The molecule has 1 rings (SSSR count). The highest BCUT2D eigenvalue weighted by Gasteiger charge is 2.36. The van der Waals surface area contributed by atoms with Gasteiger partial charge in [-0.05, 0) is 47.6 Å². The van der Waals surface area contributed by atoms with Crippen LogP contribution in [0.3, 0.4) is 0 Å². The summed E-state index contributed by atoms with van der Waals surface area (Å²) in [6.07, 6.45) is 0. The maximum Gasteiger partial charge on any atom is 0.270 e. The molecule has 0 aliphatic carbocycles. The van der Waals surface area contributed by atoms with Gasteiger partial charge in [0.1, 0.15) is 11.5 Å². The number of hydrogen-bond donors (Lipinski definition) is 2. The van der Waals surface area contributed by atoms with Gasteiger partial charge in [-0.15, -0.1) is 0 Å². The smallest absolute Gasteiger partial charge is 0.270 e. The zero-order valence-corrected chi connectivity index (χ0v) is 11.8. The molecule has 0 fully saturated rings. The van der Waals surface area contributed by atoms with Crippen molar-refractivity contribution in [3.05, 3.63) is 23.3 Å². The zero-order valence-electron chi connectivity index (χ0n) is 11.8. The van der Waals surface area contributed by atoms with Gasteiger partial charge in [0.05, 0.1) is 11.1 Å². The predicted molar refractivity (Wildman–Crippen MR) is 69.3 cm³/mol. The molecule has 5 nitrogen and oxygen atoms in total. The van der Waals surface area contributed by atoms with Crippen molar-refractivity contribution in [1.29, 1.82) is 0 Å². The number of amides is 1. The number of rotatable bonds is 3. The minimum Gasteiger partial charge on any atom is -0.388 e. The molecule has 0 aliphatic heterocycles. The second kappa shape index (κ2) is 4.65. The molecule has 2 N–H and O–H groups in total. The molecule has 0 atom stereocenters. The zero-order chi connectivity index (χ0) is 14.1. The molecule has 0 unspecified atom stereocenters. The van der Waals surface area contributed by atoms with Crippen molar-refractivity contribution in [2.24, 2.45) is 0 Å². The van der Waals surface area contributed by atoms with Crippen molar-refractivity contribution in [1.82, 2.24) is 15.3 Å². The second-order valence-electron chi connectivity index (χ2n) is 5.58. The first-order valence-corrected chi connectivity index (χ1v) is 5.90. The van der Waals surface area contributed by atoms with E-state index in [0.29, 0.717) is 11.5 Å². The maximum atomic E-state index is 12.1. The van der Waals surface area contributed by atoms with Crippen LogP contribution in [0.25, 0.3) is 0 Å². The number of nitrogens with zero attached hydrogens (tertiary/aromatic N) is 2. The molecule has 0 saturated carbocycles. The van der Waals surface area contributed by atoms with Crippen LogP contribution < -0.4 is 5.32 Å². The highest BCUT2D eigenvalue weighted by atomic mass is 16.3. The van der Waals surface area contributed by atoms with Crippen molar-refractivity contribution in [3.63, 3.8) is 0 Å². The number of carbonyl (C=O) groups is 1. The Morgan fingerprint density at radius 1 is 1.22 bits per heavy atom. The SMILES string of the molecule is Cc1cc(C(=O)NC(C)(C)C(C)(C)O)nc(C)n1. The van der Waals surface area contributed by atoms with Gasteiger partial charge in [-0.3, -0.25) is 4.79 Å². The molecule has 1 heterocycles. The van der Waals surface area contributed by atoms with E-state index in [1.807, 2.05) is 6.92 Å². The predicted octanol–water partition coefficient (Wildman–Crippen LogP) is 1.37. The molecule has 100 valence electrons. The summed E-state index contributed by atoms with van der Waals surface area (Å²) in [6, 6.07) is 1.63. The Labute approximate surface area is 108 Å². The summed E-state index contributed by atoms with van der Waals surface area (Å²) in [4.78, 5) is 20.3. The lowest BCUT2D eigenvalue weighted by Gasteiger charge is -2.37. The van der Waals surface area contributed by atoms with Gasteiger partial charge in [0.25, 0.3) is 5.91 Å². The summed E-state index contributed by atoms with van der Waals surface area (Å²) in [5.41, 5.74) is -0.720. The summed E-state index contributed by atoms with van der Waals surface area (Å²) in [7, 11) is 0. The Kier molecular flexibility index (Phi) is 3.76. The van der Waals surface area contributed by atoms with Crippen LogP contribution in [0.15, 0.2) is 6.07 Å². The van der Waals surface area contributed by atoms with Gasteiger partial charge < -0.3 is 10.4 Å². The summed E-state index contributed by atoms with van der Waals surface area (Å²) in [6.45, 7) is 10.4. The minimum atomic E-state index is -1.03. The normalized spacial score (nSPS) is 12.4. The number of nitrogens with one attached hydrogen (secondary N) is 1. The molecule has 1 aromatic rings. The maximum absolute atomic E-state index is 12.1. The van der Waals surface area contributed by atoms with Crippen molar-refractivity contribution in [3.8, 4) is 0 Å². The Morgan fingerprint density at radius 2 is 1.78 bits per heavy atom. The van der Waals surface area contributed by atoms with E-state index in [9.17, 15) is 9.90 Å². The average molecular weight is 251 g/mol. The van der Waals surface area contributed by atoms with Crippen LogP contribution in [0, 0.1) is 13.8 Å². The van der Waals surface area contributed by atoms with Crippen LogP contribution in [0.2, 0.25) is 0 Å². The molecule has 0 saturated heterocycles. The minimum absolute atomic E-state index is 0.310. The molecule has 0 radical (unpaired) electrons. The van der Waals surface area contributed by atoms with Crippen LogP contribution in [0.4, 0.5) is 0 Å². The molecule has 1 aromatic heterocycles. The Hall–Kier alpha value is -1.49. The molecule has 0 aliphatic rings. The molecule has 0 spiro atoms. The molecule has 1 amide bonds. The first-order valence-electron chi connectivity index (χ1n) is 5.90. The average Bonchev–Trinajstić information content (AvgIpc) is 2.13. The van der Waals surface area contributed by atoms with E-state index in [1.165, 1.54) is 0 Å². The summed E-state index contributed by atoms with van der Waals surface area (Å²) in [5, 5.41) is 12.8. The summed E-state index contributed by atoms with van der Waals surface area (Å²) >= 11 is 0. The van der Waals surface area contributed by atoms with Gasteiger partial charge in [0.2, 0.25) is 0 Å². The van der Waals surface area contributed by atoms with Crippen molar-refractivity contribution in [2.75, 3.05) is 0 Å². The molecule has 0 bridgehead atoms. The second-order valence-corrected chi connectivity index (χ2v) is 5.58. The number of aliphatic hydroxyl groups is 1. The summed E-state index contributed by atoms with van der Waals surface area (Å²) in [5.74, 6) is 0.247. The van der Waals surface area contributed by atoms with Crippen molar-refractivity contribution >= 4 is 5.91 Å². The topological polar surface area (TPSA) is 75.1 Å². The van der Waals surface area contributed by atoms with Crippen LogP contribution in [-0.2, 0) is 0 Å². The molecule has 0 aromatic carbocycles. The van der Waals surface area contributed by atoms with Gasteiger partial charge in [-0.1, -0.05) is 0 Å². The highest BCUT2D eigenvalue weighted by molar-refractivity contribution is 5.92. The molecular formula is C13H21N3O2. The van der Waals surface area contributed by atoms with Crippen LogP contribution in [0.1, 0.15) is 49.7 Å². The van der Waals surface area contributed by atoms with Crippen LogP contribution in [-0.4, -0.2) is 32.1 Å². The third-order valence-electron chi connectivity index (χ3n) is 3.15. The monoisotopic (exact) mass is 251 g/mol. The number of aromatic nitrogens is 2. The summed E-state index contributed by atoms with van der Waals surface area (Å²) < 4.78 is 0. The van der Waals surface area contributed by atoms with Gasteiger partial charge in [0.15, 0.2) is 0 Å². The fourth-order valence-corrected chi connectivity index (χ4v) is 1.33. The van der Waals surface area contributed by atoms with Crippen molar-refractivity contribution < 1.29 is 9.90 Å². The van der Waals surface area contributed by atoms with Gasteiger partial charge >= 0.3 is 0 Å². The largest absolute Gasteiger partial charge is 0.388 e. The van der Waals surface area contributed by atoms with Gasteiger partial charge in [-0.2, -0.15) is 0 Å². The van der Waals surface area contributed by atoms with E-state index >= 15 is 0 Å². The quantitative estimate of drug-likeness (QED) is 0.851. The Balaban J connectivity index is 2.96. The lowest BCUT2D eigenvalue weighted by molar-refractivity contribution is -0.00303. The van der Waals surface area contributed by atoms with Gasteiger partial charge in [-0.25, -0.2) is 9.97 Å². The first kappa shape index (κ1) is 14.6. The third-order valence-corrected chi connectivity index (χ3v) is 3.15. The van der Waals surface area contributed by atoms with E-state index in [-0.39, 0.29) is 5.91 Å². The van der Waals surface area contributed by atoms with Crippen LogP contribution in [0.5, 0.6) is 0 Å². The highest BCUT2D eigenvalue weighted by Crippen LogP contribution is 2.20. The lowest BCUT2D eigenvalue weighted by atomic mass is 9.86. The third kappa shape index (κ3) is 3.26. The Morgan fingerprint density at radius 3 is 2.22 bits per heavy atom. The van der Waals surface area contributed by atoms with Crippen molar-refractivity contribution in [2.45, 2.75) is 52.7 Å². The molecule has 5 heteroatoms. The van der Waals surface area contributed by atoms with E-state index in [1.54, 1.807) is 40.7 Å².